The second-order valence-electron chi connectivity index (χ2n) is 4.10. The molecule has 0 aliphatic carbocycles. The lowest BCUT2D eigenvalue weighted by molar-refractivity contribution is 0.0274. The molecule has 0 amide bonds. The average Bonchev–Trinajstić information content (AvgIpc) is 2.38. The zero-order chi connectivity index (χ0) is 12.3. The molecule has 1 aromatic rings. The van der Waals surface area contributed by atoms with Gasteiger partial charge in [-0.3, -0.25) is 0 Å². The third-order valence-electron chi connectivity index (χ3n) is 3.05. The zero-order valence-electron chi connectivity index (χ0n) is 10.3. The molecule has 0 bridgehead atoms. The van der Waals surface area contributed by atoms with Crippen LogP contribution in [-0.2, 0) is 11.2 Å². The molecule has 0 saturated carbocycles. The van der Waals surface area contributed by atoms with Gasteiger partial charge in [-0.15, -0.1) is 0 Å². The van der Waals surface area contributed by atoms with Crippen LogP contribution in [0.2, 0.25) is 0 Å². The molecule has 1 aliphatic rings. The number of morpholine rings is 1. The fourth-order valence-corrected chi connectivity index (χ4v) is 2.12. The highest BCUT2D eigenvalue weighted by atomic mass is 19.1. The molecular formula is C13H18FNO2. The molecule has 1 saturated heterocycles. The van der Waals surface area contributed by atoms with Crippen LogP contribution < -0.4 is 10.1 Å². The second kappa shape index (κ2) is 5.47. The van der Waals surface area contributed by atoms with E-state index >= 15 is 0 Å². The number of nitrogens with one attached hydrogen (secondary N) is 1. The van der Waals surface area contributed by atoms with E-state index in [1.807, 2.05) is 13.0 Å². The molecule has 1 heterocycles. The lowest BCUT2D eigenvalue weighted by atomic mass is 10.0. The van der Waals surface area contributed by atoms with E-state index in [1.54, 1.807) is 13.2 Å². The highest BCUT2D eigenvalue weighted by Gasteiger charge is 2.19. The molecule has 1 aromatic carbocycles. The number of ether oxygens (including phenoxy) is 2. The summed E-state index contributed by atoms with van der Waals surface area (Å²) in [4.78, 5) is 0. The van der Waals surface area contributed by atoms with E-state index in [2.05, 4.69) is 5.32 Å². The number of hydrogen-bond donors (Lipinski definition) is 1. The van der Waals surface area contributed by atoms with Gasteiger partial charge in [-0.2, -0.15) is 0 Å². The van der Waals surface area contributed by atoms with Gasteiger partial charge in [0.25, 0.3) is 0 Å². The standard InChI is InChI=1S/C13H18FNO2/c1-3-10-11(14)6-9(7-12(10)16-2)13-8-15-4-5-17-13/h6-7,13,15H,3-5,8H2,1-2H3. The Morgan fingerprint density at radius 1 is 1.53 bits per heavy atom. The lowest BCUT2D eigenvalue weighted by Gasteiger charge is -2.24. The molecule has 1 unspecified atom stereocenters. The minimum absolute atomic E-state index is 0.0851. The molecule has 1 aliphatic heterocycles. The van der Waals surface area contributed by atoms with E-state index in [4.69, 9.17) is 9.47 Å². The third kappa shape index (κ3) is 2.58. The molecule has 1 N–H and O–H groups in total. The Kier molecular flexibility index (Phi) is 3.97. The summed E-state index contributed by atoms with van der Waals surface area (Å²) >= 11 is 0. The minimum Gasteiger partial charge on any atom is -0.496 e. The highest BCUT2D eigenvalue weighted by Crippen LogP contribution is 2.29. The maximum absolute atomic E-state index is 13.9. The van der Waals surface area contributed by atoms with Crippen LogP contribution in [0.1, 0.15) is 24.2 Å². The van der Waals surface area contributed by atoms with Crippen LogP contribution in [0.15, 0.2) is 12.1 Å². The predicted molar refractivity (Wildman–Crippen MR) is 63.9 cm³/mol. The normalized spacial score (nSPS) is 20.3. The van der Waals surface area contributed by atoms with E-state index in [9.17, 15) is 4.39 Å². The van der Waals surface area contributed by atoms with Crippen molar-refractivity contribution in [2.75, 3.05) is 26.8 Å². The number of methoxy groups -OCH3 is 1. The van der Waals surface area contributed by atoms with Gasteiger partial charge in [0.05, 0.1) is 19.8 Å². The summed E-state index contributed by atoms with van der Waals surface area (Å²) in [6, 6.07) is 3.43. The van der Waals surface area contributed by atoms with Gasteiger partial charge in [0.2, 0.25) is 0 Å². The van der Waals surface area contributed by atoms with Crippen LogP contribution in [0.4, 0.5) is 4.39 Å². The summed E-state index contributed by atoms with van der Waals surface area (Å²) in [5.74, 6) is 0.396. The summed E-state index contributed by atoms with van der Waals surface area (Å²) in [6.45, 7) is 4.14. The van der Waals surface area contributed by atoms with Crippen LogP contribution in [-0.4, -0.2) is 26.8 Å². The van der Waals surface area contributed by atoms with E-state index in [0.29, 0.717) is 30.9 Å². The largest absolute Gasteiger partial charge is 0.496 e. The molecule has 1 fully saturated rings. The van der Waals surface area contributed by atoms with Crippen molar-refractivity contribution in [2.45, 2.75) is 19.4 Å². The number of hydrogen-bond acceptors (Lipinski definition) is 3. The molecule has 0 spiro atoms. The summed E-state index contributed by atoms with van der Waals surface area (Å²) in [7, 11) is 1.57. The molecule has 1 atom stereocenters. The third-order valence-corrected chi connectivity index (χ3v) is 3.05. The number of halogens is 1. The summed E-state index contributed by atoms with van der Waals surface area (Å²) < 4.78 is 24.7. The molecule has 3 nitrogen and oxygen atoms in total. The first-order chi connectivity index (χ1) is 8.26. The smallest absolute Gasteiger partial charge is 0.130 e. The lowest BCUT2D eigenvalue weighted by Crippen LogP contribution is -2.33. The van der Waals surface area contributed by atoms with Gasteiger partial charge in [-0.1, -0.05) is 6.92 Å². The minimum atomic E-state index is -0.212. The van der Waals surface area contributed by atoms with Gasteiger partial charge in [0, 0.05) is 18.7 Å². The van der Waals surface area contributed by atoms with E-state index in [-0.39, 0.29) is 11.9 Å². The Hall–Kier alpha value is -1.13. The van der Waals surface area contributed by atoms with Crippen LogP contribution >= 0.6 is 0 Å². The SMILES string of the molecule is CCc1c(F)cc(C2CNCCO2)cc1OC. The van der Waals surface area contributed by atoms with Crippen molar-refractivity contribution >= 4 is 0 Å². The average molecular weight is 239 g/mol. The molecule has 0 aromatic heterocycles. The number of benzene rings is 1. The van der Waals surface area contributed by atoms with Gasteiger partial charge < -0.3 is 14.8 Å². The van der Waals surface area contributed by atoms with E-state index in [1.165, 1.54) is 0 Å². The second-order valence-corrected chi connectivity index (χ2v) is 4.10. The van der Waals surface area contributed by atoms with Crippen molar-refractivity contribution in [3.63, 3.8) is 0 Å². The van der Waals surface area contributed by atoms with E-state index in [0.717, 1.165) is 12.1 Å². The zero-order valence-corrected chi connectivity index (χ0v) is 10.3. The first-order valence-corrected chi connectivity index (χ1v) is 5.95. The molecular weight excluding hydrogens is 221 g/mol. The molecule has 4 heteroatoms. The van der Waals surface area contributed by atoms with Crippen molar-refractivity contribution in [2.24, 2.45) is 0 Å². The van der Waals surface area contributed by atoms with Crippen LogP contribution in [0.25, 0.3) is 0 Å². The first kappa shape index (κ1) is 12.3. The monoisotopic (exact) mass is 239 g/mol. The van der Waals surface area contributed by atoms with Crippen molar-refractivity contribution in [1.82, 2.24) is 5.32 Å². The maximum Gasteiger partial charge on any atom is 0.130 e. The van der Waals surface area contributed by atoms with Gasteiger partial charge in [0.15, 0.2) is 0 Å². The van der Waals surface area contributed by atoms with Crippen LogP contribution in [0, 0.1) is 5.82 Å². The maximum atomic E-state index is 13.9. The molecule has 17 heavy (non-hydrogen) atoms. The Balaban J connectivity index is 2.31. The Morgan fingerprint density at radius 3 is 2.94 bits per heavy atom. The Morgan fingerprint density at radius 2 is 2.35 bits per heavy atom. The van der Waals surface area contributed by atoms with Crippen LogP contribution in [0.3, 0.4) is 0 Å². The highest BCUT2D eigenvalue weighted by molar-refractivity contribution is 5.40. The summed E-state index contributed by atoms with van der Waals surface area (Å²) in [6.07, 6.45) is 0.539. The molecule has 2 rings (SSSR count). The van der Waals surface area contributed by atoms with Gasteiger partial charge in [0.1, 0.15) is 11.6 Å². The fourth-order valence-electron chi connectivity index (χ4n) is 2.12. The Bertz CT molecular complexity index is 389. The van der Waals surface area contributed by atoms with Gasteiger partial charge in [-0.25, -0.2) is 4.39 Å². The number of rotatable bonds is 3. The van der Waals surface area contributed by atoms with Crippen LogP contribution in [0.5, 0.6) is 5.75 Å². The van der Waals surface area contributed by atoms with Gasteiger partial charge >= 0.3 is 0 Å². The molecule has 0 radical (unpaired) electrons. The first-order valence-electron chi connectivity index (χ1n) is 5.95. The van der Waals surface area contributed by atoms with Crippen molar-refractivity contribution < 1.29 is 13.9 Å². The van der Waals surface area contributed by atoms with Crippen molar-refractivity contribution in [3.05, 3.63) is 29.1 Å². The summed E-state index contributed by atoms with van der Waals surface area (Å²) in [5, 5.41) is 3.23. The molecule has 94 valence electrons. The topological polar surface area (TPSA) is 30.5 Å². The quantitative estimate of drug-likeness (QED) is 0.875. The van der Waals surface area contributed by atoms with Gasteiger partial charge in [-0.05, 0) is 24.1 Å². The predicted octanol–water partition coefficient (Wildman–Crippen LogP) is 2.06. The summed E-state index contributed by atoms with van der Waals surface area (Å²) in [5.41, 5.74) is 1.46. The Labute approximate surface area is 101 Å². The fraction of sp³-hybridized carbons (Fsp3) is 0.538. The van der Waals surface area contributed by atoms with Crippen molar-refractivity contribution in [1.29, 1.82) is 0 Å². The van der Waals surface area contributed by atoms with E-state index < -0.39 is 0 Å². The van der Waals surface area contributed by atoms with Crippen molar-refractivity contribution in [3.8, 4) is 5.75 Å².